The SMILES string of the molecule is O=C(NCc1ccc(F)c(Cl)c1)C1CCCN1Cc1ccccc1. The highest BCUT2D eigenvalue weighted by Crippen LogP contribution is 2.21. The number of hydrogen-bond donors (Lipinski definition) is 1. The lowest BCUT2D eigenvalue weighted by Gasteiger charge is -2.23. The molecule has 3 rings (SSSR count). The summed E-state index contributed by atoms with van der Waals surface area (Å²) in [6, 6.07) is 14.6. The number of halogens is 2. The second-order valence-electron chi connectivity index (χ2n) is 6.08. The van der Waals surface area contributed by atoms with Gasteiger partial charge in [0.25, 0.3) is 0 Å². The van der Waals surface area contributed by atoms with Crippen molar-refractivity contribution in [2.45, 2.75) is 32.0 Å². The molecule has 0 spiro atoms. The number of benzene rings is 2. The Morgan fingerprint density at radius 2 is 2.00 bits per heavy atom. The summed E-state index contributed by atoms with van der Waals surface area (Å²) in [7, 11) is 0. The summed E-state index contributed by atoms with van der Waals surface area (Å²) in [5.74, 6) is -0.430. The Morgan fingerprint density at radius 3 is 2.75 bits per heavy atom. The standard InChI is InChI=1S/C19H20ClFN2O/c20-16-11-15(8-9-17(16)21)12-22-19(24)18-7-4-10-23(18)13-14-5-2-1-3-6-14/h1-3,5-6,8-9,11,18H,4,7,10,12-13H2,(H,22,24). The van der Waals surface area contributed by atoms with Gasteiger partial charge in [-0.3, -0.25) is 9.69 Å². The van der Waals surface area contributed by atoms with E-state index < -0.39 is 5.82 Å². The summed E-state index contributed by atoms with van der Waals surface area (Å²) in [6.45, 7) is 2.06. The van der Waals surface area contributed by atoms with Gasteiger partial charge in [0.1, 0.15) is 5.82 Å². The van der Waals surface area contributed by atoms with E-state index in [0.717, 1.165) is 31.5 Å². The predicted molar refractivity (Wildman–Crippen MR) is 93.1 cm³/mol. The first-order valence-corrected chi connectivity index (χ1v) is 8.51. The Hall–Kier alpha value is -1.91. The van der Waals surface area contributed by atoms with Gasteiger partial charge in [0.05, 0.1) is 11.1 Å². The molecule has 1 atom stereocenters. The van der Waals surface area contributed by atoms with Gasteiger partial charge in [-0.2, -0.15) is 0 Å². The quantitative estimate of drug-likeness (QED) is 0.894. The first kappa shape index (κ1) is 16.9. The van der Waals surface area contributed by atoms with Gasteiger partial charge in [0.2, 0.25) is 5.91 Å². The third-order valence-corrected chi connectivity index (χ3v) is 4.64. The summed E-state index contributed by atoms with van der Waals surface area (Å²) in [4.78, 5) is 14.7. The third-order valence-electron chi connectivity index (χ3n) is 4.35. The lowest BCUT2D eigenvalue weighted by molar-refractivity contribution is -0.125. The molecule has 1 fully saturated rings. The molecule has 0 saturated carbocycles. The summed E-state index contributed by atoms with van der Waals surface area (Å²) in [6.07, 6.45) is 1.89. The maximum Gasteiger partial charge on any atom is 0.237 e. The van der Waals surface area contributed by atoms with Gasteiger partial charge in [0, 0.05) is 13.1 Å². The minimum atomic E-state index is -0.448. The average molecular weight is 347 g/mol. The van der Waals surface area contributed by atoms with E-state index in [1.54, 1.807) is 12.1 Å². The molecule has 5 heteroatoms. The van der Waals surface area contributed by atoms with Crippen molar-refractivity contribution in [3.05, 3.63) is 70.5 Å². The molecule has 1 unspecified atom stereocenters. The molecule has 2 aromatic carbocycles. The number of carbonyl (C=O) groups is 1. The van der Waals surface area contributed by atoms with E-state index in [1.165, 1.54) is 11.6 Å². The molecule has 3 nitrogen and oxygen atoms in total. The molecule has 1 aliphatic heterocycles. The van der Waals surface area contributed by atoms with E-state index in [1.807, 2.05) is 18.2 Å². The first-order valence-electron chi connectivity index (χ1n) is 8.13. The smallest absolute Gasteiger partial charge is 0.237 e. The van der Waals surface area contributed by atoms with Crippen molar-refractivity contribution in [3.63, 3.8) is 0 Å². The number of rotatable bonds is 5. The minimum Gasteiger partial charge on any atom is -0.351 e. The Balaban J connectivity index is 1.58. The Kier molecular flexibility index (Phi) is 5.48. The number of carbonyl (C=O) groups excluding carboxylic acids is 1. The fourth-order valence-electron chi connectivity index (χ4n) is 3.09. The van der Waals surface area contributed by atoms with Crippen molar-refractivity contribution in [2.75, 3.05) is 6.54 Å². The zero-order valence-corrected chi connectivity index (χ0v) is 14.1. The Labute approximate surface area is 146 Å². The molecule has 1 saturated heterocycles. The number of hydrogen-bond acceptors (Lipinski definition) is 2. The highest BCUT2D eigenvalue weighted by Gasteiger charge is 2.30. The number of amides is 1. The lowest BCUT2D eigenvalue weighted by Crippen LogP contribution is -2.42. The van der Waals surface area contributed by atoms with Gasteiger partial charge >= 0.3 is 0 Å². The van der Waals surface area contributed by atoms with E-state index in [0.29, 0.717) is 6.54 Å². The number of nitrogens with one attached hydrogen (secondary N) is 1. The molecule has 126 valence electrons. The predicted octanol–water partition coefficient (Wildman–Crippen LogP) is 3.76. The normalized spacial score (nSPS) is 17.8. The zero-order valence-electron chi connectivity index (χ0n) is 13.3. The fourth-order valence-corrected chi connectivity index (χ4v) is 3.29. The second-order valence-corrected chi connectivity index (χ2v) is 6.49. The van der Waals surface area contributed by atoms with Crippen LogP contribution in [0.15, 0.2) is 48.5 Å². The fraction of sp³-hybridized carbons (Fsp3) is 0.316. The van der Waals surface area contributed by atoms with Crippen molar-refractivity contribution >= 4 is 17.5 Å². The molecule has 2 aromatic rings. The molecule has 0 radical (unpaired) electrons. The van der Waals surface area contributed by atoms with Crippen LogP contribution in [0.2, 0.25) is 5.02 Å². The van der Waals surface area contributed by atoms with Gasteiger partial charge in [-0.05, 0) is 42.6 Å². The van der Waals surface area contributed by atoms with E-state index >= 15 is 0 Å². The van der Waals surface area contributed by atoms with Crippen LogP contribution in [-0.4, -0.2) is 23.4 Å². The summed E-state index contributed by atoms with van der Waals surface area (Å²) < 4.78 is 13.2. The topological polar surface area (TPSA) is 32.3 Å². The molecule has 0 bridgehead atoms. The van der Waals surface area contributed by atoms with Gasteiger partial charge in [-0.1, -0.05) is 48.0 Å². The third kappa shape index (κ3) is 4.13. The van der Waals surface area contributed by atoms with E-state index in [2.05, 4.69) is 22.3 Å². The average Bonchev–Trinajstić information content (AvgIpc) is 3.05. The van der Waals surface area contributed by atoms with Crippen molar-refractivity contribution in [3.8, 4) is 0 Å². The lowest BCUT2D eigenvalue weighted by atomic mass is 10.1. The molecule has 24 heavy (non-hydrogen) atoms. The molecule has 1 N–H and O–H groups in total. The van der Waals surface area contributed by atoms with Crippen molar-refractivity contribution < 1.29 is 9.18 Å². The molecular weight excluding hydrogens is 327 g/mol. The van der Waals surface area contributed by atoms with Crippen LogP contribution in [0.25, 0.3) is 0 Å². The van der Waals surface area contributed by atoms with Crippen LogP contribution in [0.1, 0.15) is 24.0 Å². The van der Waals surface area contributed by atoms with Crippen LogP contribution >= 0.6 is 11.6 Å². The molecule has 1 heterocycles. The highest BCUT2D eigenvalue weighted by molar-refractivity contribution is 6.30. The van der Waals surface area contributed by atoms with Crippen LogP contribution in [0.3, 0.4) is 0 Å². The van der Waals surface area contributed by atoms with Crippen LogP contribution in [0.5, 0.6) is 0 Å². The van der Waals surface area contributed by atoms with Crippen LogP contribution in [0, 0.1) is 5.82 Å². The number of likely N-dealkylation sites (tertiary alicyclic amines) is 1. The highest BCUT2D eigenvalue weighted by atomic mass is 35.5. The largest absolute Gasteiger partial charge is 0.351 e. The van der Waals surface area contributed by atoms with Crippen molar-refractivity contribution in [1.82, 2.24) is 10.2 Å². The van der Waals surface area contributed by atoms with E-state index in [-0.39, 0.29) is 17.0 Å². The zero-order chi connectivity index (χ0) is 16.9. The van der Waals surface area contributed by atoms with Gasteiger partial charge in [-0.15, -0.1) is 0 Å². The maximum atomic E-state index is 13.2. The van der Waals surface area contributed by atoms with Crippen molar-refractivity contribution in [2.24, 2.45) is 0 Å². The summed E-state index contributed by atoms with van der Waals surface area (Å²) in [5.41, 5.74) is 2.00. The minimum absolute atomic E-state index is 0.0175. The van der Waals surface area contributed by atoms with Crippen LogP contribution in [0.4, 0.5) is 4.39 Å². The summed E-state index contributed by atoms with van der Waals surface area (Å²) >= 11 is 5.77. The van der Waals surface area contributed by atoms with Crippen LogP contribution in [-0.2, 0) is 17.9 Å². The van der Waals surface area contributed by atoms with E-state index in [4.69, 9.17) is 11.6 Å². The van der Waals surface area contributed by atoms with Crippen LogP contribution < -0.4 is 5.32 Å². The maximum absolute atomic E-state index is 13.2. The van der Waals surface area contributed by atoms with Gasteiger partial charge < -0.3 is 5.32 Å². The molecule has 0 aliphatic carbocycles. The molecule has 1 aliphatic rings. The Morgan fingerprint density at radius 1 is 1.21 bits per heavy atom. The molecular formula is C19H20ClFN2O. The van der Waals surface area contributed by atoms with Crippen molar-refractivity contribution in [1.29, 1.82) is 0 Å². The first-order chi connectivity index (χ1) is 11.6. The number of nitrogens with zero attached hydrogens (tertiary/aromatic N) is 1. The second kappa shape index (κ2) is 7.77. The molecule has 0 aromatic heterocycles. The monoisotopic (exact) mass is 346 g/mol. The van der Waals surface area contributed by atoms with Gasteiger partial charge in [0.15, 0.2) is 0 Å². The van der Waals surface area contributed by atoms with E-state index in [9.17, 15) is 9.18 Å². The summed E-state index contributed by atoms with van der Waals surface area (Å²) in [5, 5.41) is 3.02. The van der Waals surface area contributed by atoms with Gasteiger partial charge in [-0.25, -0.2) is 4.39 Å². The Bertz CT molecular complexity index is 708. The molecule has 1 amide bonds.